The summed E-state index contributed by atoms with van der Waals surface area (Å²) in [6.07, 6.45) is 0.828. The number of rotatable bonds is 8. The van der Waals surface area contributed by atoms with Gasteiger partial charge in [0.15, 0.2) is 11.5 Å². The van der Waals surface area contributed by atoms with Gasteiger partial charge in [0.05, 0.1) is 19.5 Å². The predicted molar refractivity (Wildman–Crippen MR) is 83.8 cm³/mol. The second kappa shape index (κ2) is 7.30. The molecule has 0 atom stereocenters. The van der Waals surface area contributed by atoms with Crippen molar-refractivity contribution in [2.75, 3.05) is 32.6 Å². The first-order valence-corrected chi connectivity index (χ1v) is 9.22. The highest BCUT2D eigenvalue weighted by molar-refractivity contribution is 7.86. The normalized spacial score (nSPS) is 16.3. The molecule has 0 unspecified atom stereocenters. The molecule has 0 N–H and O–H groups in total. The standard InChI is InChI=1S/C15H23NO5S/c1-4-19-14-8-6-7-12(15(14)20-5-2)9-16-10-13(11-16)21-22(3,17)18/h6-8,13H,4-5,9-11H2,1-3H3. The lowest BCUT2D eigenvalue weighted by Gasteiger charge is -2.38. The molecular weight excluding hydrogens is 306 g/mol. The van der Waals surface area contributed by atoms with Crippen LogP contribution in [-0.2, 0) is 20.8 Å². The molecule has 124 valence electrons. The van der Waals surface area contributed by atoms with Crippen LogP contribution in [0.1, 0.15) is 19.4 Å². The van der Waals surface area contributed by atoms with E-state index in [0.717, 1.165) is 23.3 Å². The van der Waals surface area contributed by atoms with Crippen molar-refractivity contribution in [2.24, 2.45) is 0 Å². The van der Waals surface area contributed by atoms with E-state index >= 15 is 0 Å². The van der Waals surface area contributed by atoms with E-state index < -0.39 is 10.1 Å². The molecule has 1 aliphatic rings. The van der Waals surface area contributed by atoms with Crippen LogP contribution in [0.2, 0.25) is 0 Å². The fourth-order valence-electron chi connectivity index (χ4n) is 2.46. The molecule has 0 aliphatic carbocycles. The molecule has 6 nitrogen and oxygen atoms in total. The summed E-state index contributed by atoms with van der Waals surface area (Å²) in [5, 5.41) is 0. The number of benzene rings is 1. The Balaban J connectivity index is 2.00. The molecule has 7 heteroatoms. The lowest BCUT2D eigenvalue weighted by atomic mass is 10.1. The van der Waals surface area contributed by atoms with E-state index in [1.165, 1.54) is 0 Å². The van der Waals surface area contributed by atoms with Crippen LogP contribution in [0, 0.1) is 0 Å². The molecule has 0 bridgehead atoms. The molecular formula is C15H23NO5S. The number of hydrogen-bond acceptors (Lipinski definition) is 6. The predicted octanol–water partition coefficient (Wildman–Crippen LogP) is 1.64. The monoisotopic (exact) mass is 329 g/mol. The molecule has 1 aliphatic heterocycles. The van der Waals surface area contributed by atoms with E-state index in [1.54, 1.807) is 0 Å². The third-order valence-corrected chi connectivity index (χ3v) is 3.90. The summed E-state index contributed by atoms with van der Waals surface area (Å²) in [6.45, 7) is 6.89. The zero-order valence-electron chi connectivity index (χ0n) is 13.2. The van der Waals surface area contributed by atoms with E-state index in [4.69, 9.17) is 13.7 Å². The van der Waals surface area contributed by atoms with Crippen molar-refractivity contribution >= 4 is 10.1 Å². The molecule has 0 radical (unpaired) electrons. The zero-order valence-corrected chi connectivity index (χ0v) is 14.1. The SMILES string of the molecule is CCOc1cccc(CN2CC(OS(C)(=O)=O)C2)c1OCC. The smallest absolute Gasteiger partial charge is 0.264 e. The van der Waals surface area contributed by atoms with Crippen LogP contribution in [-0.4, -0.2) is 52.0 Å². The maximum Gasteiger partial charge on any atom is 0.264 e. The lowest BCUT2D eigenvalue weighted by Crippen LogP contribution is -2.52. The van der Waals surface area contributed by atoms with E-state index in [0.29, 0.717) is 32.8 Å². The van der Waals surface area contributed by atoms with Crippen molar-refractivity contribution in [3.05, 3.63) is 23.8 Å². The van der Waals surface area contributed by atoms with Crippen LogP contribution >= 0.6 is 0 Å². The van der Waals surface area contributed by atoms with Crippen molar-refractivity contribution in [3.8, 4) is 11.5 Å². The fourth-order valence-corrected chi connectivity index (χ4v) is 3.08. The van der Waals surface area contributed by atoms with Crippen molar-refractivity contribution in [1.82, 2.24) is 4.90 Å². The number of likely N-dealkylation sites (tertiary alicyclic amines) is 1. The van der Waals surface area contributed by atoms with Crippen molar-refractivity contribution < 1.29 is 22.1 Å². The minimum atomic E-state index is -3.38. The zero-order chi connectivity index (χ0) is 16.2. The van der Waals surface area contributed by atoms with Gasteiger partial charge in [0.25, 0.3) is 10.1 Å². The second-order valence-corrected chi connectivity index (χ2v) is 6.83. The minimum absolute atomic E-state index is 0.249. The van der Waals surface area contributed by atoms with Gasteiger partial charge in [0, 0.05) is 25.2 Å². The Morgan fingerprint density at radius 2 is 1.86 bits per heavy atom. The second-order valence-electron chi connectivity index (χ2n) is 5.23. The van der Waals surface area contributed by atoms with Crippen molar-refractivity contribution in [1.29, 1.82) is 0 Å². The van der Waals surface area contributed by atoms with E-state index in [-0.39, 0.29) is 6.10 Å². The van der Waals surface area contributed by atoms with Crippen LogP contribution < -0.4 is 9.47 Å². The summed E-state index contributed by atoms with van der Waals surface area (Å²) in [4.78, 5) is 2.11. The Kier molecular flexibility index (Phi) is 5.66. The van der Waals surface area contributed by atoms with Gasteiger partial charge in [-0.25, -0.2) is 0 Å². The van der Waals surface area contributed by atoms with Gasteiger partial charge >= 0.3 is 0 Å². The first kappa shape index (κ1) is 17.1. The molecule has 0 aromatic heterocycles. The highest BCUT2D eigenvalue weighted by Crippen LogP contribution is 2.33. The fraction of sp³-hybridized carbons (Fsp3) is 0.600. The van der Waals surface area contributed by atoms with Gasteiger partial charge in [-0.1, -0.05) is 12.1 Å². The van der Waals surface area contributed by atoms with Crippen molar-refractivity contribution in [2.45, 2.75) is 26.5 Å². The van der Waals surface area contributed by atoms with Gasteiger partial charge in [-0.05, 0) is 19.9 Å². The lowest BCUT2D eigenvalue weighted by molar-refractivity contribution is 0.0189. The average Bonchev–Trinajstić information content (AvgIpc) is 2.38. The Bertz CT molecular complexity index is 596. The van der Waals surface area contributed by atoms with E-state index in [2.05, 4.69) is 4.90 Å². The maximum absolute atomic E-state index is 11.1. The van der Waals surface area contributed by atoms with Crippen LogP contribution in [0.3, 0.4) is 0 Å². The maximum atomic E-state index is 11.1. The quantitative estimate of drug-likeness (QED) is 0.676. The first-order chi connectivity index (χ1) is 10.4. The van der Waals surface area contributed by atoms with E-state index in [1.807, 2.05) is 32.0 Å². The number of nitrogens with zero attached hydrogens (tertiary/aromatic N) is 1. The highest BCUT2D eigenvalue weighted by atomic mass is 32.2. The third kappa shape index (κ3) is 4.59. The minimum Gasteiger partial charge on any atom is -0.490 e. The van der Waals surface area contributed by atoms with Crippen LogP contribution in [0.5, 0.6) is 11.5 Å². The summed E-state index contributed by atoms with van der Waals surface area (Å²) in [5.41, 5.74) is 1.03. The summed E-state index contributed by atoms with van der Waals surface area (Å²) < 4.78 is 38.4. The molecule has 1 fully saturated rings. The van der Waals surface area contributed by atoms with Crippen molar-refractivity contribution in [3.63, 3.8) is 0 Å². The number of ether oxygens (including phenoxy) is 2. The molecule has 0 amide bonds. The van der Waals surface area contributed by atoms with E-state index in [9.17, 15) is 8.42 Å². The van der Waals surface area contributed by atoms with Gasteiger partial charge in [-0.3, -0.25) is 9.08 Å². The first-order valence-electron chi connectivity index (χ1n) is 7.41. The van der Waals surface area contributed by atoms with Gasteiger partial charge in [0.1, 0.15) is 6.10 Å². The molecule has 2 rings (SSSR count). The molecule has 0 spiro atoms. The van der Waals surface area contributed by atoms with Crippen LogP contribution in [0.25, 0.3) is 0 Å². The van der Waals surface area contributed by atoms with Gasteiger partial charge in [0.2, 0.25) is 0 Å². The van der Waals surface area contributed by atoms with Gasteiger partial charge in [-0.15, -0.1) is 0 Å². The summed E-state index contributed by atoms with van der Waals surface area (Å²) in [7, 11) is -3.38. The average molecular weight is 329 g/mol. The summed E-state index contributed by atoms with van der Waals surface area (Å²) in [6, 6.07) is 5.83. The summed E-state index contributed by atoms with van der Waals surface area (Å²) in [5.74, 6) is 1.51. The Labute approximate surface area is 132 Å². The molecule has 1 aromatic carbocycles. The third-order valence-electron chi connectivity index (χ3n) is 3.28. The largest absolute Gasteiger partial charge is 0.490 e. The Hall–Kier alpha value is -1.31. The Morgan fingerprint density at radius 1 is 1.18 bits per heavy atom. The topological polar surface area (TPSA) is 65.1 Å². The van der Waals surface area contributed by atoms with Gasteiger partial charge in [-0.2, -0.15) is 8.42 Å². The van der Waals surface area contributed by atoms with Gasteiger partial charge < -0.3 is 9.47 Å². The molecule has 22 heavy (non-hydrogen) atoms. The number of para-hydroxylation sites is 1. The molecule has 1 heterocycles. The number of hydrogen-bond donors (Lipinski definition) is 0. The Morgan fingerprint density at radius 3 is 2.45 bits per heavy atom. The highest BCUT2D eigenvalue weighted by Gasteiger charge is 2.31. The van der Waals surface area contributed by atoms with Crippen LogP contribution in [0.15, 0.2) is 18.2 Å². The summed E-state index contributed by atoms with van der Waals surface area (Å²) >= 11 is 0. The molecule has 1 aromatic rings. The molecule has 1 saturated heterocycles. The van der Waals surface area contributed by atoms with Crippen LogP contribution in [0.4, 0.5) is 0 Å². The molecule has 0 saturated carbocycles.